The molecule has 176 valence electrons. The van der Waals surface area contributed by atoms with E-state index in [9.17, 15) is 26.4 Å². The Kier molecular flexibility index (Phi) is 5.79. The maximum Gasteiger partial charge on any atom is 0.573 e. The van der Waals surface area contributed by atoms with Crippen LogP contribution >= 0.6 is 0 Å². The number of halogens is 3. The van der Waals surface area contributed by atoms with E-state index in [1.54, 1.807) is 30.3 Å². The topological polar surface area (TPSA) is 131 Å². The van der Waals surface area contributed by atoms with Crippen LogP contribution in [0.25, 0.3) is 22.2 Å². The van der Waals surface area contributed by atoms with E-state index in [1.165, 1.54) is 12.3 Å². The van der Waals surface area contributed by atoms with E-state index >= 15 is 0 Å². The molecule has 0 aliphatic carbocycles. The third kappa shape index (κ3) is 5.04. The Balaban J connectivity index is 1.69. The number of aromatic nitrogens is 2. The molecule has 9 nitrogen and oxygen atoms in total. The second-order valence-electron chi connectivity index (χ2n) is 6.81. The molecule has 2 aromatic carbocycles. The van der Waals surface area contributed by atoms with Gasteiger partial charge >= 0.3 is 12.5 Å². The van der Waals surface area contributed by atoms with E-state index in [0.717, 1.165) is 24.3 Å². The van der Waals surface area contributed by atoms with Gasteiger partial charge in [-0.05, 0) is 35.9 Å². The van der Waals surface area contributed by atoms with Gasteiger partial charge in [0.2, 0.25) is 5.88 Å². The average Bonchev–Trinajstić information content (AvgIpc) is 3.09. The lowest BCUT2D eigenvalue weighted by atomic mass is 10.1. The van der Waals surface area contributed by atoms with Crippen molar-refractivity contribution < 1.29 is 41.0 Å². The lowest BCUT2D eigenvalue weighted by Gasteiger charge is -2.11. The fourth-order valence-electron chi connectivity index (χ4n) is 3.19. The van der Waals surface area contributed by atoms with Gasteiger partial charge in [0.25, 0.3) is 10.0 Å². The van der Waals surface area contributed by atoms with Gasteiger partial charge in [0.1, 0.15) is 11.4 Å². The molecule has 4 aromatic rings. The molecule has 13 heteroatoms. The first-order valence-electron chi connectivity index (χ1n) is 9.38. The van der Waals surface area contributed by atoms with Gasteiger partial charge in [0.05, 0.1) is 22.3 Å². The zero-order valence-electron chi connectivity index (χ0n) is 16.8. The number of fused-ring (bicyclic) bond motifs is 1. The van der Waals surface area contributed by atoms with Crippen molar-refractivity contribution in [3.8, 4) is 22.8 Å². The second kappa shape index (κ2) is 8.59. The monoisotopic (exact) mass is 493 g/mol. The van der Waals surface area contributed by atoms with Crippen molar-refractivity contribution >= 4 is 32.9 Å². The molecule has 0 radical (unpaired) electrons. The van der Waals surface area contributed by atoms with E-state index in [2.05, 4.69) is 19.4 Å². The number of alkyl halides is 3. The number of hydrogen-bond acceptors (Lipinski definition) is 6. The number of sulfonamides is 1. The second-order valence-corrected chi connectivity index (χ2v) is 8.49. The molecule has 0 aliphatic rings. The van der Waals surface area contributed by atoms with Crippen molar-refractivity contribution in [1.82, 2.24) is 9.97 Å². The highest BCUT2D eigenvalue weighted by atomic mass is 32.2. The molecule has 2 aromatic heterocycles. The number of benzene rings is 2. The number of nitrogens with one attached hydrogen (secondary N) is 2. The predicted octanol–water partition coefficient (Wildman–Crippen LogP) is 4.99. The fraction of sp³-hybridized carbons (Fsp3) is 0.0476. The molecule has 3 N–H and O–H groups in total. The Labute approximate surface area is 189 Å². The van der Waals surface area contributed by atoms with Gasteiger partial charge < -0.3 is 19.6 Å². The first kappa shape index (κ1) is 22.9. The van der Waals surface area contributed by atoms with Crippen LogP contribution < -0.4 is 14.2 Å². The van der Waals surface area contributed by atoms with E-state index in [1.807, 2.05) is 0 Å². The number of carbonyl (C=O) groups is 1. The number of carboxylic acid groups (broad SMARTS) is 1. The largest absolute Gasteiger partial charge is 0.573 e. The highest BCUT2D eigenvalue weighted by molar-refractivity contribution is 7.92. The van der Waals surface area contributed by atoms with Crippen LogP contribution in [-0.4, -0.2) is 36.0 Å². The van der Waals surface area contributed by atoms with Crippen molar-refractivity contribution in [1.29, 1.82) is 0 Å². The number of pyridine rings is 1. The first-order chi connectivity index (χ1) is 16.0. The Bertz CT molecular complexity index is 1450. The molecule has 0 atom stereocenters. The Morgan fingerprint density at radius 1 is 1.06 bits per heavy atom. The Morgan fingerprint density at radius 2 is 1.74 bits per heavy atom. The van der Waals surface area contributed by atoms with E-state index in [4.69, 9.17) is 9.84 Å². The Morgan fingerprint density at radius 3 is 2.35 bits per heavy atom. The molecular weight excluding hydrogens is 479 g/mol. The number of aromatic amines is 1. The molecule has 0 amide bonds. The van der Waals surface area contributed by atoms with Crippen LogP contribution in [0.3, 0.4) is 0 Å². The smallest absolute Gasteiger partial charge is 0.449 e. The third-order valence-electron chi connectivity index (χ3n) is 4.49. The van der Waals surface area contributed by atoms with Crippen molar-refractivity contribution in [3.05, 3.63) is 66.9 Å². The van der Waals surface area contributed by atoms with Gasteiger partial charge in [-0.3, -0.25) is 4.72 Å². The van der Waals surface area contributed by atoms with Crippen LogP contribution in [0.1, 0.15) is 0 Å². The van der Waals surface area contributed by atoms with Crippen LogP contribution in [0.15, 0.2) is 71.8 Å². The summed E-state index contributed by atoms with van der Waals surface area (Å²) >= 11 is 0. The number of H-pyrrole nitrogens is 1. The maximum atomic E-state index is 12.7. The normalized spacial score (nSPS) is 11.9. The summed E-state index contributed by atoms with van der Waals surface area (Å²) in [6.45, 7) is 0. The SMILES string of the molecule is O=C(O)Oc1[nH]c2ncc(NS(=O)(=O)c3ccc(OC(F)(F)F)cc3)cc2c1-c1ccccc1. The summed E-state index contributed by atoms with van der Waals surface area (Å²) < 4.78 is 73.3. The lowest BCUT2D eigenvalue weighted by molar-refractivity contribution is -0.274. The molecule has 0 saturated carbocycles. The van der Waals surface area contributed by atoms with Crippen LogP contribution in [0, 0.1) is 0 Å². The number of rotatable bonds is 6. The van der Waals surface area contributed by atoms with Crippen LogP contribution in [0.5, 0.6) is 11.6 Å². The van der Waals surface area contributed by atoms with Crippen molar-refractivity contribution in [3.63, 3.8) is 0 Å². The summed E-state index contributed by atoms with van der Waals surface area (Å²) in [6.07, 6.45) is -5.27. The minimum atomic E-state index is -4.91. The fourth-order valence-corrected chi connectivity index (χ4v) is 4.23. The zero-order chi connectivity index (χ0) is 24.5. The highest BCUT2D eigenvalue weighted by Gasteiger charge is 2.31. The minimum absolute atomic E-state index is 0.0289. The zero-order valence-corrected chi connectivity index (χ0v) is 17.6. The number of anilines is 1. The molecule has 0 fully saturated rings. The van der Waals surface area contributed by atoms with E-state index < -0.39 is 28.3 Å². The molecule has 0 aliphatic heterocycles. The van der Waals surface area contributed by atoms with E-state index in [-0.39, 0.29) is 22.1 Å². The first-order valence-corrected chi connectivity index (χ1v) is 10.9. The van der Waals surface area contributed by atoms with Gasteiger partial charge in [-0.1, -0.05) is 30.3 Å². The summed E-state index contributed by atoms with van der Waals surface area (Å²) in [7, 11) is -4.19. The summed E-state index contributed by atoms with van der Waals surface area (Å²) in [5, 5.41) is 9.43. The molecule has 34 heavy (non-hydrogen) atoms. The van der Waals surface area contributed by atoms with Crippen LogP contribution in [0.2, 0.25) is 0 Å². The van der Waals surface area contributed by atoms with Gasteiger partial charge in [-0.2, -0.15) is 0 Å². The molecule has 0 bridgehead atoms. The molecule has 0 saturated heterocycles. The highest BCUT2D eigenvalue weighted by Crippen LogP contribution is 2.38. The number of hydrogen-bond donors (Lipinski definition) is 3. The van der Waals surface area contributed by atoms with Crippen molar-refractivity contribution in [2.45, 2.75) is 11.3 Å². The molecule has 4 rings (SSSR count). The van der Waals surface area contributed by atoms with Gasteiger partial charge in [0.15, 0.2) is 0 Å². The van der Waals surface area contributed by atoms with Crippen molar-refractivity contribution in [2.24, 2.45) is 0 Å². The van der Waals surface area contributed by atoms with Crippen LogP contribution in [0.4, 0.5) is 23.7 Å². The number of nitrogens with zero attached hydrogens (tertiary/aromatic N) is 1. The maximum absolute atomic E-state index is 12.7. The third-order valence-corrected chi connectivity index (χ3v) is 5.88. The predicted molar refractivity (Wildman–Crippen MR) is 114 cm³/mol. The minimum Gasteiger partial charge on any atom is -0.449 e. The van der Waals surface area contributed by atoms with Crippen LogP contribution in [-0.2, 0) is 10.0 Å². The molecular formula is C21H14F3N3O6S. The summed E-state index contributed by atoms with van der Waals surface area (Å²) in [4.78, 5) is 17.7. The summed E-state index contributed by atoms with van der Waals surface area (Å²) in [5.41, 5.74) is 1.21. The van der Waals surface area contributed by atoms with E-state index in [0.29, 0.717) is 16.5 Å². The Hall–Kier alpha value is -4.26. The van der Waals surface area contributed by atoms with Gasteiger partial charge in [0, 0.05) is 5.39 Å². The quantitative estimate of drug-likeness (QED) is 0.323. The number of ether oxygens (including phenoxy) is 2. The summed E-state index contributed by atoms with van der Waals surface area (Å²) in [5.74, 6) is -0.665. The van der Waals surface area contributed by atoms with Gasteiger partial charge in [-0.15, -0.1) is 13.2 Å². The summed E-state index contributed by atoms with van der Waals surface area (Å²) in [6, 6.07) is 13.7. The standard InChI is InChI=1S/C21H14F3N3O6S/c22-21(23,24)33-14-6-8-15(9-7-14)34(30,31)27-13-10-16-17(12-4-2-1-3-5-12)19(32-20(28)29)26-18(16)25-11-13/h1-11,27H,(H,25,26)(H,28,29). The average molecular weight is 493 g/mol. The lowest BCUT2D eigenvalue weighted by Crippen LogP contribution is -2.17. The molecule has 0 spiro atoms. The molecule has 2 heterocycles. The van der Waals surface area contributed by atoms with Crippen molar-refractivity contribution in [2.75, 3.05) is 4.72 Å². The van der Waals surface area contributed by atoms with Gasteiger partial charge in [-0.25, -0.2) is 18.2 Å². The molecule has 0 unspecified atom stereocenters.